The molecule has 6 heteroatoms. The summed E-state index contributed by atoms with van der Waals surface area (Å²) in [7, 11) is 0. The number of benzene rings is 2. The van der Waals surface area contributed by atoms with Gasteiger partial charge in [-0.15, -0.1) is 0 Å². The molecule has 21 heavy (non-hydrogen) atoms. The first-order valence-corrected chi connectivity index (χ1v) is 7.08. The molecule has 0 spiro atoms. The Bertz CT molecular complexity index is 765. The Kier molecular flexibility index (Phi) is 3.63. The molecule has 0 saturated carbocycles. The summed E-state index contributed by atoms with van der Waals surface area (Å²) in [6.45, 7) is 0.444. The van der Waals surface area contributed by atoms with Gasteiger partial charge in [0.2, 0.25) is 0 Å². The number of aromatic nitrogens is 2. The standard InChI is InChI=1S/C15H11F3N2S/c16-15(17,18)21-13-6-3-4-11(8-13)10-20-14-7-2-1-5-12(14)9-19-20/h1-9H,10H2. The fraction of sp³-hybridized carbons (Fsp3) is 0.133. The number of thioether (sulfide) groups is 1. The van der Waals surface area contributed by atoms with Gasteiger partial charge in [0.05, 0.1) is 18.3 Å². The second-order valence-electron chi connectivity index (χ2n) is 4.56. The maximum atomic E-state index is 12.4. The molecule has 0 saturated heterocycles. The molecule has 0 aliphatic rings. The summed E-state index contributed by atoms with van der Waals surface area (Å²) in [4.78, 5) is 0.191. The number of para-hydroxylation sites is 1. The largest absolute Gasteiger partial charge is 0.446 e. The van der Waals surface area contributed by atoms with Crippen molar-refractivity contribution in [3.8, 4) is 0 Å². The van der Waals surface area contributed by atoms with Gasteiger partial charge in [-0.2, -0.15) is 18.3 Å². The highest BCUT2D eigenvalue weighted by Crippen LogP contribution is 2.37. The van der Waals surface area contributed by atoms with Gasteiger partial charge in [-0.05, 0) is 35.5 Å². The van der Waals surface area contributed by atoms with Crippen LogP contribution in [0.25, 0.3) is 10.9 Å². The van der Waals surface area contributed by atoms with Crippen LogP contribution in [0.4, 0.5) is 13.2 Å². The van der Waals surface area contributed by atoms with Gasteiger partial charge < -0.3 is 0 Å². The van der Waals surface area contributed by atoms with Crippen molar-refractivity contribution in [2.45, 2.75) is 16.9 Å². The number of fused-ring (bicyclic) bond motifs is 1. The Labute approximate surface area is 123 Å². The first-order valence-electron chi connectivity index (χ1n) is 6.26. The van der Waals surface area contributed by atoms with E-state index in [1.165, 1.54) is 6.07 Å². The Morgan fingerprint density at radius 3 is 2.67 bits per heavy atom. The molecule has 2 aromatic carbocycles. The van der Waals surface area contributed by atoms with Crippen LogP contribution in [0.1, 0.15) is 5.56 Å². The molecule has 3 aromatic rings. The fourth-order valence-electron chi connectivity index (χ4n) is 2.17. The fourth-order valence-corrected chi connectivity index (χ4v) is 2.79. The zero-order valence-electron chi connectivity index (χ0n) is 10.8. The molecule has 0 bridgehead atoms. The highest BCUT2D eigenvalue weighted by molar-refractivity contribution is 8.00. The van der Waals surface area contributed by atoms with Crippen LogP contribution in [0.2, 0.25) is 0 Å². The highest BCUT2D eigenvalue weighted by Gasteiger charge is 2.29. The molecule has 0 radical (unpaired) electrons. The van der Waals surface area contributed by atoms with Gasteiger partial charge in [0.1, 0.15) is 0 Å². The van der Waals surface area contributed by atoms with Crippen molar-refractivity contribution >= 4 is 22.7 Å². The predicted octanol–water partition coefficient (Wildman–Crippen LogP) is 4.70. The van der Waals surface area contributed by atoms with Crippen molar-refractivity contribution in [3.63, 3.8) is 0 Å². The molecule has 108 valence electrons. The number of nitrogens with zero attached hydrogens (tertiary/aromatic N) is 2. The Morgan fingerprint density at radius 2 is 1.86 bits per heavy atom. The highest BCUT2D eigenvalue weighted by atomic mass is 32.2. The van der Waals surface area contributed by atoms with E-state index in [-0.39, 0.29) is 16.7 Å². The number of hydrogen-bond acceptors (Lipinski definition) is 2. The van der Waals surface area contributed by atoms with E-state index in [1.807, 2.05) is 24.3 Å². The average Bonchev–Trinajstić information content (AvgIpc) is 2.81. The summed E-state index contributed by atoms with van der Waals surface area (Å²) in [5.74, 6) is 0. The summed E-state index contributed by atoms with van der Waals surface area (Å²) in [6, 6.07) is 14.2. The average molecular weight is 308 g/mol. The zero-order chi connectivity index (χ0) is 14.9. The molecular weight excluding hydrogens is 297 g/mol. The molecule has 2 nitrogen and oxygen atoms in total. The summed E-state index contributed by atoms with van der Waals surface area (Å²) < 4.78 is 39.0. The van der Waals surface area contributed by atoms with E-state index in [0.29, 0.717) is 6.54 Å². The van der Waals surface area contributed by atoms with Crippen LogP contribution in [0, 0.1) is 0 Å². The van der Waals surface area contributed by atoms with E-state index in [4.69, 9.17) is 0 Å². The SMILES string of the molecule is FC(F)(F)Sc1cccc(Cn2ncc3ccccc32)c1. The van der Waals surface area contributed by atoms with Crippen molar-refractivity contribution in [3.05, 3.63) is 60.3 Å². The minimum Gasteiger partial charge on any atom is -0.260 e. The smallest absolute Gasteiger partial charge is 0.260 e. The molecule has 0 aliphatic heterocycles. The number of alkyl halides is 3. The molecule has 3 rings (SSSR count). The van der Waals surface area contributed by atoms with E-state index >= 15 is 0 Å². The summed E-state index contributed by atoms with van der Waals surface area (Å²) in [6.07, 6.45) is 1.75. The minimum atomic E-state index is -4.27. The summed E-state index contributed by atoms with van der Waals surface area (Å²) in [5, 5.41) is 5.29. The third-order valence-electron chi connectivity index (χ3n) is 3.02. The quantitative estimate of drug-likeness (QED) is 0.653. The van der Waals surface area contributed by atoms with Gasteiger partial charge >= 0.3 is 5.51 Å². The van der Waals surface area contributed by atoms with E-state index < -0.39 is 5.51 Å². The molecular formula is C15H11F3N2S. The van der Waals surface area contributed by atoms with E-state index in [1.54, 1.807) is 29.1 Å². The second kappa shape index (κ2) is 5.44. The van der Waals surface area contributed by atoms with Gasteiger partial charge in [-0.3, -0.25) is 4.68 Å². The lowest BCUT2D eigenvalue weighted by atomic mass is 10.2. The van der Waals surface area contributed by atoms with Crippen LogP contribution in [0.15, 0.2) is 59.6 Å². The van der Waals surface area contributed by atoms with Crippen LogP contribution in [-0.2, 0) is 6.54 Å². The third-order valence-corrected chi connectivity index (χ3v) is 3.74. The van der Waals surface area contributed by atoms with Crippen LogP contribution in [0.5, 0.6) is 0 Å². The lowest BCUT2D eigenvalue weighted by Crippen LogP contribution is -2.02. The van der Waals surface area contributed by atoms with Crippen molar-refractivity contribution in [2.24, 2.45) is 0 Å². The Hall–Kier alpha value is -1.95. The lowest BCUT2D eigenvalue weighted by Gasteiger charge is -2.08. The van der Waals surface area contributed by atoms with E-state index in [2.05, 4.69) is 5.10 Å². The van der Waals surface area contributed by atoms with Gasteiger partial charge in [0.25, 0.3) is 0 Å². The third kappa shape index (κ3) is 3.39. The van der Waals surface area contributed by atoms with Crippen molar-refractivity contribution in [1.29, 1.82) is 0 Å². The Morgan fingerprint density at radius 1 is 1.05 bits per heavy atom. The van der Waals surface area contributed by atoms with Gasteiger partial charge in [0.15, 0.2) is 0 Å². The maximum absolute atomic E-state index is 12.4. The molecule has 0 fully saturated rings. The van der Waals surface area contributed by atoms with Crippen LogP contribution < -0.4 is 0 Å². The van der Waals surface area contributed by atoms with Gasteiger partial charge in [0, 0.05) is 10.3 Å². The van der Waals surface area contributed by atoms with Crippen LogP contribution in [0.3, 0.4) is 0 Å². The molecule has 1 heterocycles. The molecule has 0 aliphatic carbocycles. The maximum Gasteiger partial charge on any atom is 0.446 e. The molecule has 0 atom stereocenters. The minimum absolute atomic E-state index is 0.0985. The van der Waals surface area contributed by atoms with Crippen molar-refractivity contribution in [1.82, 2.24) is 9.78 Å². The van der Waals surface area contributed by atoms with E-state index in [0.717, 1.165) is 16.5 Å². The molecule has 0 amide bonds. The van der Waals surface area contributed by atoms with Gasteiger partial charge in [-0.1, -0.05) is 30.3 Å². The van der Waals surface area contributed by atoms with Gasteiger partial charge in [-0.25, -0.2) is 0 Å². The van der Waals surface area contributed by atoms with Crippen LogP contribution >= 0.6 is 11.8 Å². The van der Waals surface area contributed by atoms with Crippen LogP contribution in [-0.4, -0.2) is 15.3 Å². The molecule has 1 aromatic heterocycles. The van der Waals surface area contributed by atoms with Crippen molar-refractivity contribution < 1.29 is 13.2 Å². The monoisotopic (exact) mass is 308 g/mol. The number of rotatable bonds is 3. The first kappa shape index (κ1) is 14.0. The lowest BCUT2D eigenvalue weighted by molar-refractivity contribution is -0.0328. The predicted molar refractivity (Wildman–Crippen MR) is 77.2 cm³/mol. The summed E-state index contributed by atoms with van der Waals surface area (Å²) >= 11 is -0.0985. The number of hydrogen-bond donors (Lipinski definition) is 0. The summed E-state index contributed by atoms with van der Waals surface area (Å²) in [5.41, 5.74) is -2.51. The topological polar surface area (TPSA) is 17.8 Å². The zero-order valence-corrected chi connectivity index (χ0v) is 11.7. The number of halogens is 3. The normalized spacial score (nSPS) is 12.0. The Balaban J connectivity index is 1.86. The van der Waals surface area contributed by atoms with E-state index in [9.17, 15) is 13.2 Å². The van der Waals surface area contributed by atoms with Crippen molar-refractivity contribution in [2.75, 3.05) is 0 Å². The molecule has 0 N–H and O–H groups in total. The first-order chi connectivity index (χ1) is 10.0. The second-order valence-corrected chi connectivity index (χ2v) is 5.69. The molecule has 0 unspecified atom stereocenters.